The molecule has 0 unspecified atom stereocenters. The predicted molar refractivity (Wildman–Crippen MR) is 76.5 cm³/mol. The molecule has 0 radical (unpaired) electrons. The van der Waals surface area contributed by atoms with Crippen LogP contribution in [0.5, 0.6) is 0 Å². The Morgan fingerprint density at radius 3 is 2.75 bits per heavy atom. The van der Waals surface area contributed by atoms with Gasteiger partial charge >= 0.3 is 5.97 Å². The molecule has 0 fully saturated rings. The first-order valence-electron chi connectivity index (χ1n) is 5.83. The summed E-state index contributed by atoms with van der Waals surface area (Å²) >= 11 is 3.08. The standard InChI is InChI=1S/C14H12BrNO4/c1-9-3-2-4-10(7-9)16-13(17)8-19-14(18)11-5-6-12(15)20-11/h2-7H,8H2,1H3,(H,16,17). The molecule has 0 bridgehead atoms. The van der Waals surface area contributed by atoms with Crippen LogP contribution in [0, 0.1) is 6.92 Å². The monoisotopic (exact) mass is 337 g/mol. The van der Waals surface area contributed by atoms with Crippen molar-refractivity contribution >= 4 is 33.5 Å². The lowest BCUT2D eigenvalue weighted by atomic mass is 10.2. The highest BCUT2D eigenvalue weighted by molar-refractivity contribution is 9.10. The third kappa shape index (κ3) is 3.96. The molecule has 0 aliphatic carbocycles. The quantitative estimate of drug-likeness (QED) is 0.870. The molecule has 0 saturated carbocycles. The normalized spacial score (nSPS) is 10.1. The highest BCUT2D eigenvalue weighted by atomic mass is 79.9. The highest BCUT2D eigenvalue weighted by Gasteiger charge is 2.14. The van der Waals surface area contributed by atoms with Crippen molar-refractivity contribution in [2.75, 3.05) is 11.9 Å². The van der Waals surface area contributed by atoms with Gasteiger partial charge in [0.1, 0.15) is 0 Å². The summed E-state index contributed by atoms with van der Waals surface area (Å²) in [5.74, 6) is -1.05. The minimum absolute atomic E-state index is 0.0419. The Labute approximate surface area is 124 Å². The van der Waals surface area contributed by atoms with Crippen LogP contribution >= 0.6 is 15.9 Å². The lowest BCUT2D eigenvalue weighted by Crippen LogP contribution is -2.20. The molecule has 0 atom stereocenters. The molecule has 1 N–H and O–H groups in total. The summed E-state index contributed by atoms with van der Waals surface area (Å²) in [6.45, 7) is 1.55. The number of amides is 1. The van der Waals surface area contributed by atoms with Crippen LogP contribution in [0.25, 0.3) is 0 Å². The number of furan rings is 1. The Kier molecular flexibility index (Phi) is 4.57. The summed E-state index contributed by atoms with van der Waals surface area (Å²) in [4.78, 5) is 23.2. The van der Waals surface area contributed by atoms with Gasteiger partial charge in [0, 0.05) is 5.69 Å². The first kappa shape index (κ1) is 14.3. The molecule has 2 rings (SSSR count). The van der Waals surface area contributed by atoms with Gasteiger partial charge in [-0.1, -0.05) is 12.1 Å². The minimum atomic E-state index is -0.685. The molecule has 0 saturated heterocycles. The number of ether oxygens (including phenoxy) is 1. The first-order valence-corrected chi connectivity index (χ1v) is 6.63. The molecule has 1 amide bonds. The van der Waals surface area contributed by atoms with Crippen LogP contribution in [0.1, 0.15) is 16.1 Å². The fourth-order valence-corrected chi connectivity index (χ4v) is 1.85. The lowest BCUT2D eigenvalue weighted by Gasteiger charge is -2.06. The van der Waals surface area contributed by atoms with Crippen molar-refractivity contribution in [1.82, 2.24) is 0 Å². The van der Waals surface area contributed by atoms with Gasteiger partial charge in [-0.2, -0.15) is 0 Å². The van der Waals surface area contributed by atoms with Crippen molar-refractivity contribution in [3.8, 4) is 0 Å². The van der Waals surface area contributed by atoms with Crippen LogP contribution in [0.4, 0.5) is 5.69 Å². The van der Waals surface area contributed by atoms with E-state index in [0.29, 0.717) is 10.4 Å². The molecule has 1 heterocycles. The van der Waals surface area contributed by atoms with E-state index in [9.17, 15) is 9.59 Å². The number of rotatable bonds is 4. The molecule has 6 heteroatoms. The van der Waals surface area contributed by atoms with Crippen LogP contribution in [0.2, 0.25) is 0 Å². The Balaban J connectivity index is 1.85. The molecule has 0 aliphatic heterocycles. The Bertz CT molecular complexity index is 636. The second-order valence-corrected chi connectivity index (χ2v) is 4.88. The van der Waals surface area contributed by atoms with Crippen molar-refractivity contribution in [2.45, 2.75) is 6.92 Å². The fraction of sp³-hybridized carbons (Fsp3) is 0.143. The fourth-order valence-electron chi connectivity index (χ4n) is 1.55. The smallest absolute Gasteiger partial charge is 0.374 e. The van der Waals surface area contributed by atoms with E-state index in [4.69, 9.17) is 9.15 Å². The summed E-state index contributed by atoms with van der Waals surface area (Å²) in [6, 6.07) is 10.4. The maximum absolute atomic E-state index is 11.6. The molecule has 1 aromatic heterocycles. The third-order valence-corrected chi connectivity index (χ3v) is 2.84. The Hall–Kier alpha value is -2.08. The second-order valence-electron chi connectivity index (χ2n) is 4.10. The number of carbonyl (C=O) groups excluding carboxylic acids is 2. The van der Waals surface area contributed by atoms with Gasteiger partial charge in [-0.15, -0.1) is 0 Å². The van der Waals surface area contributed by atoms with Crippen molar-refractivity contribution in [3.63, 3.8) is 0 Å². The SMILES string of the molecule is Cc1cccc(NC(=O)COC(=O)c2ccc(Br)o2)c1. The molecule has 2 aromatic rings. The van der Waals surface area contributed by atoms with E-state index in [1.165, 1.54) is 6.07 Å². The zero-order chi connectivity index (χ0) is 14.5. The maximum atomic E-state index is 11.6. The van der Waals surface area contributed by atoms with E-state index in [1.807, 2.05) is 25.1 Å². The number of aryl methyl sites for hydroxylation is 1. The average Bonchev–Trinajstić information content (AvgIpc) is 2.83. The second kappa shape index (κ2) is 6.38. The lowest BCUT2D eigenvalue weighted by molar-refractivity contribution is -0.119. The van der Waals surface area contributed by atoms with Crippen LogP contribution in [0.3, 0.4) is 0 Å². The van der Waals surface area contributed by atoms with E-state index in [-0.39, 0.29) is 12.4 Å². The summed E-state index contributed by atoms with van der Waals surface area (Å²) in [7, 11) is 0. The third-order valence-electron chi connectivity index (χ3n) is 2.41. The zero-order valence-electron chi connectivity index (χ0n) is 10.7. The van der Waals surface area contributed by atoms with Crippen molar-refractivity contribution in [1.29, 1.82) is 0 Å². The zero-order valence-corrected chi connectivity index (χ0v) is 12.3. The van der Waals surface area contributed by atoms with Crippen LogP contribution in [0.15, 0.2) is 45.5 Å². The number of esters is 1. The van der Waals surface area contributed by atoms with Gasteiger partial charge < -0.3 is 14.5 Å². The number of carbonyl (C=O) groups is 2. The average molecular weight is 338 g/mol. The number of halogens is 1. The van der Waals surface area contributed by atoms with E-state index in [2.05, 4.69) is 21.2 Å². The van der Waals surface area contributed by atoms with Gasteiger partial charge in [0.25, 0.3) is 5.91 Å². The topological polar surface area (TPSA) is 68.5 Å². The van der Waals surface area contributed by atoms with E-state index in [0.717, 1.165) is 5.56 Å². The van der Waals surface area contributed by atoms with Crippen molar-refractivity contribution in [2.24, 2.45) is 0 Å². The molecule has 0 aliphatic rings. The van der Waals surface area contributed by atoms with Gasteiger partial charge in [0.05, 0.1) is 0 Å². The van der Waals surface area contributed by atoms with Crippen LogP contribution in [-0.4, -0.2) is 18.5 Å². The number of hydrogen-bond acceptors (Lipinski definition) is 4. The molecular weight excluding hydrogens is 326 g/mol. The molecule has 104 valence electrons. The van der Waals surface area contributed by atoms with Gasteiger partial charge in [-0.05, 0) is 52.7 Å². The van der Waals surface area contributed by atoms with Crippen molar-refractivity contribution < 1.29 is 18.7 Å². The largest absolute Gasteiger partial charge is 0.450 e. The maximum Gasteiger partial charge on any atom is 0.374 e. The Morgan fingerprint density at radius 2 is 2.10 bits per heavy atom. The molecule has 0 spiro atoms. The Morgan fingerprint density at radius 1 is 1.30 bits per heavy atom. The summed E-state index contributed by atoms with van der Waals surface area (Å²) in [5.41, 5.74) is 1.69. The summed E-state index contributed by atoms with van der Waals surface area (Å²) in [6.07, 6.45) is 0. The molecule has 20 heavy (non-hydrogen) atoms. The minimum Gasteiger partial charge on any atom is -0.450 e. The van der Waals surface area contributed by atoms with Crippen LogP contribution < -0.4 is 5.32 Å². The number of nitrogens with one attached hydrogen (secondary N) is 1. The van der Waals surface area contributed by atoms with Crippen molar-refractivity contribution in [3.05, 3.63) is 52.4 Å². The van der Waals surface area contributed by atoms with Gasteiger partial charge in [-0.25, -0.2) is 4.79 Å². The van der Waals surface area contributed by atoms with Gasteiger partial charge in [0.15, 0.2) is 11.3 Å². The number of benzene rings is 1. The molecule has 5 nitrogen and oxygen atoms in total. The summed E-state index contributed by atoms with van der Waals surface area (Å²) in [5, 5.41) is 2.64. The van der Waals surface area contributed by atoms with E-state index in [1.54, 1.807) is 12.1 Å². The number of anilines is 1. The van der Waals surface area contributed by atoms with E-state index < -0.39 is 11.9 Å². The van der Waals surface area contributed by atoms with Crippen LogP contribution in [-0.2, 0) is 9.53 Å². The van der Waals surface area contributed by atoms with Gasteiger partial charge in [0.2, 0.25) is 5.76 Å². The van der Waals surface area contributed by atoms with E-state index >= 15 is 0 Å². The highest BCUT2D eigenvalue weighted by Crippen LogP contribution is 2.15. The summed E-state index contributed by atoms with van der Waals surface area (Å²) < 4.78 is 10.3. The van der Waals surface area contributed by atoms with Gasteiger partial charge in [-0.3, -0.25) is 4.79 Å². The molecule has 1 aromatic carbocycles. The predicted octanol–water partition coefficient (Wildman–Crippen LogP) is 3.15. The first-order chi connectivity index (χ1) is 9.54. The molecular formula is C14H12BrNO4. The number of hydrogen-bond donors (Lipinski definition) is 1.